The fourth-order valence-electron chi connectivity index (χ4n) is 1.54. The van der Waals surface area contributed by atoms with Crippen LogP contribution < -0.4 is 5.32 Å². The molecule has 0 saturated carbocycles. The second kappa shape index (κ2) is 5.06. The molecule has 0 spiro atoms. The Morgan fingerprint density at radius 3 is 2.78 bits per heavy atom. The Labute approximate surface area is 109 Å². The van der Waals surface area contributed by atoms with Crippen molar-refractivity contribution in [2.24, 2.45) is 0 Å². The predicted molar refractivity (Wildman–Crippen MR) is 70.7 cm³/mol. The number of anilines is 2. The molecular weight excluding hydrogens is 252 g/mol. The van der Waals surface area contributed by atoms with E-state index >= 15 is 0 Å². The monoisotopic (exact) mass is 262 g/mol. The first-order valence-electron chi connectivity index (χ1n) is 5.28. The van der Waals surface area contributed by atoms with E-state index in [9.17, 15) is 4.79 Å². The summed E-state index contributed by atoms with van der Waals surface area (Å²) in [6, 6.07) is 6.58. The van der Waals surface area contributed by atoms with Gasteiger partial charge in [-0.1, -0.05) is 11.6 Å². The summed E-state index contributed by atoms with van der Waals surface area (Å²) in [7, 11) is 0. The van der Waals surface area contributed by atoms with Crippen molar-refractivity contribution in [2.45, 2.75) is 6.92 Å². The highest BCUT2D eigenvalue weighted by molar-refractivity contribution is 6.33. The maximum absolute atomic E-state index is 10.8. The molecule has 1 aromatic heterocycles. The van der Waals surface area contributed by atoms with Crippen LogP contribution in [0.15, 0.2) is 36.7 Å². The SMILES string of the molecule is Cc1cnccc1Nc1ccc(C(=O)O)c(Cl)c1. The third-order valence-corrected chi connectivity index (χ3v) is 2.81. The van der Waals surface area contributed by atoms with Gasteiger partial charge < -0.3 is 10.4 Å². The molecule has 0 atom stereocenters. The van der Waals surface area contributed by atoms with E-state index in [0.29, 0.717) is 0 Å². The van der Waals surface area contributed by atoms with Crippen molar-refractivity contribution in [2.75, 3.05) is 5.32 Å². The van der Waals surface area contributed by atoms with Gasteiger partial charge in [0.1, 0.15) is 0 Å². The van der Waals surface area contributed by atoms with Crippen LogP contribution in [0.1, 0.15) is 15.9 Å². The average molecular weight is 263 g/mol. The van der Waals surface area contributed by atoms with Crippen LogP contribution in [0.3, 0.4) is 0 Å². The number of aryl methyl sites for hydroxylation is 1. The first-order valence-corrected chi connectivity index (χ1v) is 5.66. The largest absolute Gasteiger partial charge is 0.478 e. The average Bonchev–Trinajstić information content (AvgIpc) is 2.32. The fraction of sp³-hybridized carbons (Fsp3) is 0.0769. The summed E-state index contributed by atoms with van der Waals surface area (Å²) in [6.45, 7) is 1.93. The van der Waals surface area contributed by atoms with Crippen molar-refractivity contribution in [3.63, 3.8) is 0 Å². The van der Waals surface area contributed by atoms with E-state index < -0.39 is 5.97 Å². The van der Waals surface area contributed by atoms with E-state index in [2.05, 4.69) is 10.3 Å². The van der Waals surface area contributed by atoms with Crippen molar-refractivity contribution < 1.29 is 9.90 Å². The van der Waals surface area contributed by atoms with Gasteiger partial charge in [-0.3, -0.25) is 4.98 Å². The van der Waals surface area contributed by atoms with E-state index in [1.165, 1.54) is 6.07 Å². The second-order valence-corrected chi connectivity index (χ2v) is 4.22. The minimum atomic E-state index is -1.04. The van der Waals surface area contributed by atoms with Crippen molar-refractivity contribution in [3.05, 3.63) is 52.8 Å². The van der Waals surface area contributed by atoms with E-state index in [4.69, 9.17) is 16.7 Å². The maximum atomic E-state index is 10.8. The van der Waals surface area contributed by atoms with Gasteiger partial charge >= 0.3 is 5.97 Å². The van der Waals surface area contributed by atoms with E-state index in [-0.39, 0.29) is 10.6 Å². The molecule has 0 unspecified atom stereocenters. The minimum Gasteiger partial charge on any atom is -0.478 e. The number of aromatic nitrogens is 1. The number of benzene rings is 1. The molecule has 0 aliphatic carbocycles. The fourth-order valence-corrected chi connectivity index (χ4v) is 1.80. The molecule has 1 aromatic carbocycles. The van der Waals surface area contributed by atoms with Gasteiger partial charge in [-0.25, -0.2) is 4.79 Å². The molecular formula is C13H11ClN2O2. The lowest BCUT2D eigenvalue weighted by atomic mass is 10.2. The Hall–Kier alpha value is -2.07. The van der Waals surface area contributed by atoms with Gasteiger partial charge in [0.2, 0.25) is 0 Å². The first-order chi connectivity index (χ1) is 8.58. The number of nitrogens with one attached hydrogen (secondary N) is 1. The van der Waals surface area contributed by atoms with Gasteiger partial charge in [0.25, 0.3) is 0 Å². The molecule has 0 amide bonds. The summed E-state index contributed by atoms with van der Waals surface area (Å²) >= 11 is 5.90. The lowest BCUT2D eigenvalue weighted by Gasteiger charge is -2.09. The smallest absolute Gasteiger partial charge is 0.337 e. The van der Waals surface area contributed by atoms with Crippen molar-refractivity contribution in [1.29, 1.82) is 0 Å². The number of aromatic carboxylic acids is 1. The van der Waals surface area contributed by atoms with Gasteiger partial charge in [0, 0.05) is 23.8 Å². The van der Waals surface area contributed by atoms with Gasteiger partial charge in [-0.15, -0.1) is 0 Å². The standard InChI is InChI=1S/C13H11ClN2O2/c1-8-7-15-5-4-12(8)16-9-2-3-10(13(17)18)11(14)6-9/h2-7H,1H3,(H,15,16)(H,17,18). The molecule has 4 nitrogen and oxygen atoms in total. The molecule has 0 bridgehead atoms. The Kier molecular flexibility index (Phi) is 3.48. The Bertz CT molecular complexity index is 599. The number of pyridine rings is 1. The third-order valence-electron chi connectivity index (χ3n) is 2.50. The summed E-state index contributed by atoms with van der Waals surface area (Å²) < 4.78 is 0. The summed E-state index contributed by atoms with van der Waals surface area (Å²) in [5.41, 5.74) is 2.73. The summed E-state index contributed by atoms with van der Waals surface area (Å²) in [5.74, 6) is -1.04. The zero-order valence-electron chi connectivity index (χ0n) is 9.64. The molecule has 92 valence electrons. The highest BCUT2D eigenvalue weighted by Gasteiger charge is 2.09. The van der Waals surface area contributed by atoms with E-state index in [0.717, 1.165) is 16.9 Å². The Morgan fingerprint density at radius 2 is 2.17 bits per heavy atom. The van der Waals surface area contributed by atoms with Crippen LogP contribution in [0, 0.1) is 6.92 Å². The Morgan fingerprint density at radius 1 is 1.39 bits per heavy atom. The van der Waals surface area contributed by atoms with Crippen LogP contribution in [0.5, 0.6) is 0 Å². The van der Waals surface area contributed by atoms with E-state index in [1.807, 2.05) is 13.0 Å². The number of nitrogens with zero attached hydrogens (tertiary/aromatic N) is 1. The van der Waals surface area contributed by atoms with Crippen LogP contribution >= 0.6 is 11.6 Å². The molecule has 0 aliphatic heterocycles. The van der Waals surface area contributed by atoms with Gasteiger partial charge in [-0.05, 0) is 36.8 Å². The summed E-state index contributed by atoms with van der Waals surface area (Å²) in [5, 5.41) is 12.2. The van der Waals surface area contributed by atoms with Crippen LogP contribution in [0.4, 0.5) is 11.4 Å². The highest BCUT2D eigenvalue weighted by Crippen LogP contribution is 2.24. The zero-order valence-corrected chi connectivity index (χ0v) is 10.4. The van der Waals surface area contributed by atoms with Crippen LogP contribution in [-0.4, -0.2) is 16.1 Å². The molecule has 2 rings (SSSR count). The van der Waals surface area contributed by atoms with Crippen LogP contribution in [0.25, 0.3) is 0 Å². The summed E-state index contributed by atoms with van der Waals surface area (Å²) in [6.07, 6.45) is 3.43. The number of carboxylic acids is 1. The molecule has 0 fully saturated rings. The molecule has 2 aromatic rings. The van der Waals surface area contributed by atoms with Crippen LogP contribution in [0.2, 0.25) is 5.02 Å². The first kappa shape index (κ1) is 12.4. The Balaban J connectivity index is 2.29. The highest BCUT2D eigenvalue weighted by atomic mass is 35.5. The normalized spacial score (nSPS) is 10.1. The molecule has 0 saturated heterocycles. The molecule has 0 aliphatic rings. The maximum Gasteiger partial charge on any atom is 0.337 e. The van der Waals surface area contributed by atoms with Crippen LogP contribution in [-0.2, 0) is 0 Å². The number of hydrogen-bond donors (Lipinski definition) is 2. The topological polar surface area (TPSA) is 62.2 Å². The number of rotatable bonds is 3. The van der Waals surface area contributed by atoms with Gasteiger partial charge in [0.15, 0.2) is 0 Å². The number of carboxylic acid groups (broad SMARTS) is 1. The van der Waals surface area contributed by atoms with Crippen molar-refractivity contribution in [3.8, 4) is 0 Å². The lowest BCUT2D eigenvalue weighted by molar-refractivity contribution is 0.0697. The van der Waals surface area contributed by atoms with Crippen molar-refractivity contribution >= 4 is 28.9 Å². The summed E-state index contributed by atoms with van der Waals surface area (Å²) in [4.78, 5) is 14.8. The molecule has 0 radical (unpaired) electrons. The van der Waals surface area contributed by atoms with Crippen molar-refractivity contribution in [1.82, 2.24) is 4.98 Å². The van der Waals surface area contributed by atoms with Gasteiger partial charge in [-0.2, -0.15) is 0 Å². The number of carbonyl (C=O) groups is 1. The number of hydrogen-bond acceptors (Lipinski definition) is 3. The molecule has 18 heavy (non-hydrogen) atoms. The third kappa shape index (κ3) is 2.60. The van der Waals surface area contributed by atoms with Gasteiger partial charge in [0.05, 0.1) is 10.6 Å². The molecule has 5 heteroatoms. The zero-order chi connectivity index (χ0) is 13.1. The second-order valence-electron chi connectivity index (χ2n) is 3.82. The quantitative estimate of drug-likeness (QED) is 0.889. The molecule has 2 N–H and O–H groups in total. The predicted octanol–water partition coefficient (Wildman–Crippen LogP) is 3.49. The van der Waals surface area contributed by atoms with E-state index in [1.54, 1.807) is 24.5 Å². The number of halogens is 1. The minimum absolute atomic E-state index is 0.0914. The lowest BCUT2D eigenvalue weighted by Crippen LogP contribution is -1.99. The molecule has 1 heterocycles.